The first-order valence-electron chi connectivity index (χ1n) is 17.1. The molecule has 0 aliphatic rings. The summed E-state index contributed by atoms with van der Waals surface area (Å²) in [6.07, 6.45) is 0.380. The van der Waals surface area contributed by atoms with Crippen LogP contribution in [-0.2, 0) is 35.3 Å². The minimum absolute atomic E-state index is 0.00456. The van der Waals surface area contributed by atoms with Crippen molar-refractivity contribution in [3.05, 3.63) is 35.9 Å². The molecule has 1 aromatic rings. The van der Waals surface area contributed by atoms with Crippen LogP contribution in [0.3, 0.4) is 0 Å². The summed E-state index contributed by atoms with van der Waals surface area (Å²) in [7, 11) is 4.33. The number of aliphatic carboxylic acids is 1. The first-order valence-corrected chi connectivity index (χ1v) is 17.1. The van der Waals surface area contributed by atoms with E-state index in [4.69, 9.17) is 4.74 Å². The van der Waals surface area contributed by atoms with E-state index in [1.165, 1.54) is 30.9 Å². The summed E-state index contributed by atoms with van der Waals surface area (Å²) in [5.41, 5.74) is 0.794. The van der Waals surface area contributed by atoms with Gasteiger partial charge in [0.1, 0.15) is 30.8 Å². The maximum atomic E-state index is 13.9. The summed E-state index contributed by atoms with van der Waals surface area (Å²) in [4.78, 5) is 82.6. The quantitative estimate of drug-likeness (QED) is 0.198. The molecular formula is C36H59N5O8. The number of carbonyl (C=O) groups is 6. The maximum absolute atomic E-state index is 13.9. The first kappa shape index (κ1) is 42.9. The van der Waals surface area contributed by atoms with Crippen LogP contribution >= 0.6 is 0 Å². The summed E-state index contributed by atoms with van der Waals surface area (Å²) in [6.45, 7) is 14.4. The third-order valence-corrected chi connectivity index (χ3v) is 8.55. The minimum atomic E-state index is -1.13. The van der Waals surface area contributed by atoms with E-state index >= 15 is 0 Å². The predicted octanol–water partition coefficient (Wildman–Crippen LogP) is 3.76. The van der Waals surface area contributed by atoms with Crippen LogP contribution < -0.4 is 10.6 Å². The lowest BCUT2D eigenvalue weighted by atomic mass is 9.97. The number of hydrogen-bond donors (Lipinski definition) is 3. The van der Waals surface area contributed by atoms with Crippen molar-refractivity contribution < 1.29 is 38.6 Å². The molecule has 0 saturated carbocycles. The fraction of sp³-hybridized carbons (Fsp3) is 0.667. The number of nitrogens with zero attached hydrogens (tertiary/aromatic N) is 3. The van der Waals surface area contributed by atoms with Gasteiger partial charge in [-0.2, -0.15) is 0 Å². The zero-order valence-corrected chi connectivity index (χ0v) is 31.2. The Kier molecular flexibility index (Phi) is 17.8. The molecule has 13 nitrogen and oxygen atoms in total. The molecule has 0 fully saturated rings. The van der Waals surface area contributed by atoms with Gasteiger partial charge in [-0.05, 0) is 42.1 Å². The van der Waals surface area contributed by atoms with Crippen LogP contribution in [0.15, 0.2) is 30.3 Å². The Morgan fingerprint density at radius 2 is 1.37 bits per heavy atom. The van der Waals surface area contributed by atoms with Crippen molar-refractivity contribution in [3.63, 3.8) is 0 Å². The van der Waals surface area contributed by atoms with Gasteiger partial charge in [-0.3, -0.25) is 19.2 Å². The average molecular weight is 690 g/mol. The van der Waals surface area contributed by atoms with Crippen LogP contribution in [-0.4, -0.2) is 107 Å². The van der Waals surface area contributed by atoms with Crippen LogP contribution in [0.25, 0.3) is 0 Å². The molecule has 1 rings (SSSR count). The highest BCUT2D eigenvalue weighted by Crippen LogP contribution is 2.18. The summed E-state index contributed by atoms with van der Waals surface area (Å²) in [5, 5.41) is 15.2. The zero-order valence-electron chi connectivity index (χ0n) is 31.2. The van der Waals surface area contributed by atoms with E-state index in [2.05, 4.69) is 10.6 Å². The molecule has 49 heavy (non-hydrogen) atoms. The zero-order chi connectivity index (χ0) is 37.6. The second-order valence-electron chi connectivity index (χ2n) is 14.1. The van der Waals surface area contributed by atoms with Crippen LogP contribution in [0.4, 0.5) is 4.79 Å². The number of likely N-dealkylation sites (N-methyl/N-ethyl adjacent to an activating group) is 3. The Hall–Kier alpha value is -4.16. The molecular weight excluding hydrogens is 630 g/mol. The Bertz CT molecular complexity index is 1260. The Labute approximate surface area is 292 Å². The van der Waals surface area contributed by atoms with Gasteiger partial charge in [0, 0.05) is 21.1 Å². The molecule has 276 valence electrons. The molecule has 0 aliphatic heterocycles. The van der Waals surface area contributed by atoms with E-state index in [0.717, 1.165) is 10.5 Å². The predicted molar refractivity (Wildman–Crippen MR) is 187 cm³/mol. The maximum Gasteiger partial charge on any atom is 0.408 e. The lowest BCUT2D eigenvalue weighted by Gasteiger charge is -2.35. The molecule has 0 saturated heterocycles. The fourth-order valence-corrected chi connectivity index (χ4v) is 5.45. The SMILES string of the molecule is CC[C@H](C)[C@@H](C(=O)O)N(C)C(=O)CN(C)C(=O)[C@@H](NC(=O)[C@H](CC(C)C)N(C)C(=O)[C@H](CC(C)C)NC(=O)OCc1ccccc1)C(C)C. The molecule has 1 aromatic carbocycles. The molecule has 5 atom stereocenters. The highest BCUT2D eigenvalue weighted by molar-refractivity contribution is 5.95. The number of amides is 5. The van der Waals surface area contributed by atoms with E-state index in [1.807, 2.05) is 65.0 Å². The Morgan fingerprint density at radius 1 is 0.796 bits per heavy atom. The second-order valence-corrected chi connectivity index (χ2v) is 14.1. The van der Waals surface area contributed by atoms with E-state index in [-0.39, 0.29) is 43.2 Å². The first-order chi connectivity index (χ1) is 22.8. The van der Waals surface area contributed by atoms with Gasteiger partial charge >= 0.3 is 12.1 Å². The fourth-order valence-electron chi connectivity index (χ4n) is 5.45. The minimum Gasteiger partial charge on any atom is -0.480 e. The van der Waals surface area contributed by atoms with Gasteiger partial charge in [0.2, 0.25) is 23.6 Å². The number of nitrogens with one attached hydrogen (secondary N) is 2. The van der Waals surface area contributed by atoms with Crippen molar-refractivity contribution >= 4 is 35.7 Å². The molecule has 0 spiro atoms. The van der Waals surface area contributed by atoms with Gasteiger partial charge in [0.05, 0.1) is 6.54 Å². The van der Waals surface area contributed by atoms with Gasteiger partial charge in [0.15, 0.2) is 0 Å². The molecule has 5 amide bonds. The second kappa shape index (κ2) is 20.4. The number of ether oxygens (including phenoxy) is 1. The van der Waals surface area contributed by atoms with Crippen LogP contribution in [0.2, 0.25) is 0 Å². The normalized spacial score (nSPS) is 14.3. The smallest absolute Gasteiger partial charge is 0.408 e. The summed E-state index contributed by atoms with van der Waals surface area (Å²) in [6, 6.07) is 5.14. The van der Waals surface area contributed by atoms with Crippen LogP contribution in [0.5, 0.6) is 0 Å². The lowest BCUT2D eigenvalue weighted by Crippen LogP contribution is -2.59. The summed E-state index contributed by atoms with van der Waals surface area (Å²) < 4.78 is 5.36. The van der Waals surface area contributed by atoms with Crippen LogP contribution in [0.1, 0.15) is 80.2 Å². The van der Waals surface area contributed by atoms with E-state index in [0.29, 0.717) is 12.8 Å². The number of benzene rings is 1. The molecule has 0 heterocycles. The molecule has 0 unspecified atom stereocenters. The van der Waals surface area contributed by atoms with E-state index < -0.39 is 59.9 Å². The van der Waals surface area contributed by atoms with Crippen LogP contribution in [0, 0.1) is 23.7 Å². The highest BCUT2D eigenvalue weighted by Gasteiger charge is 2.37. The molecule has 0 radical (unpaired) electrons. The number of rotatable bonds is 19. The van der Waals surface area contributed by atoms with Gasteiger partial charge < -0.3 is 35.2 Å². The third kappa shape index (κ3) is 13.7. The van der Waals surface area contributed by atoms with Crippen molar-refractivity contribution in [2.24, 2.45) is 23.7 Å². The monoisotopic (exact) mass is 689 g/mol. The van der Waals surface area contributed by atoms with Crippen molar-refractivity contribution in [1.82, 2.24) is 25.3 Å². The molecule has 0 bridgehead atoms. The largest absolute Gasteiger partial charge is 0.480 e. The Morgan fingerprint density at radius 3 is 1.86 bits per heavy atom. The standard InChI is InChI=1S/C36H59N5O8/c1-12-25(8)31(35(46)47)41(11)29(42)20-39(9)34(45)30(24(6)7)38-32(43)28(19-23(4)5)40(10)33(44)27(18-22(2)3)37-36(48)49-21-26-16-14-13-15-17-26/h13-17,22-25,27-28,30-31H,12,18-21H2,1-11H3,(H,37,48)(H,38,43)(H,46,47)/t25-,27-,28-,30-,31-/m0/s1. The summed E-state index contributed by atoms with van der Waals surface area (Å²) in [5.74, 6) is -3.89. The molecule has 0 aliphatic carbocycles. The van der Waals surface area contributed by atoms with E-state index in [9.17, 15) is 33.9 Å². The number of alkyl carbamates (subject to hydrolysis) is 1. The van der Waals surface area contributed by atoms with Crippen molar-refractivity contribution in [3.8, 4) is 0 Å². The van der Waals surface area contributed by atoms with Gasteiger partial charge in [-0.1, -0.05) is 92.1 Å². The third-order valence-electron chi connectivity index (χ3n) is 8.55. The molecule has 0 aromatic heterocycles. The average Bonchev–Trinajstić information content (AvgIpc) is 3.03. The number of carboxylic acids is 1. The van der Waals surface area contributed by atoms with Crippen molar-refractivity contribution in [1.29, 1.82) is 0 Å². The summed E-state index contributed by atoms with van der Waals surface area (Å²) >= 11 is 0. The van der Waals surface area contributed by atoms with Gasteiger partial charge in [-0.25, -0.2) is 9.59 Å². The number of carbonyl (C=O) groups excluding carboxylic acids is 5. The van der Waals surface area contributed by atoms with Crippen molar-refractivity contribution in [2.45, 2.75) is 105 Å². The lowest BCUT2D eigenvalue weighted by molar-refractivity contribution is -0.152. The number of carboxylic acid groups (broad SMARTS) is 1. The topological polar surface area (TPSA) is 166 Å². The van der Waals surface area contributed by atoms with Gasteiger partial charge in [-0.15, -0.1) is 0 Å². The van der Waals surface area contributed by atoms with Crippen molar-refractivity contribution in [2.75, 3.05) is 27.7 Å². The Balaban J connectivity index is 3.15. The van der Waals surface area contributed by atoms with E-state index in [1.54, 1.807) is 20.8 Å². The molecule has 13 heteroatoms. The number of hydrogen-bond acceptors (Lipinski definition) is 7. The highest BCUT2D eigenvalue weighted by atomic mass is 16.5. The van der Waals surface area contributed by atoms with Gasteiger partial charge in [0.25, 0.3) is 0 Å². The molecule has 3 N–H and O–H groups in total.